The maximum atomic E-state index is 10.5. The van der Waals surface area contributed by atoms with Gasteiger partial charge < -0.3 is 5.11 Å². The normalized spacial score (nSPS) is 10.4. The molecule has 2 rings (SSSR count). The van der Waals surface area contributed by atoms with Crippen molar-refractivity contribution >= 4 is 29.1 Å². The zero-order valence-electron chi connectivity index (χ0n) is 9.75. The van der Waals surface area contributed by atoms with Crippen LogP contribution in [0, 0.1) is 10.1 Å². The Morgan fingerprint density at radius 1 is 1.16 bits per heavy atom. The lowest BCUT2D eigenvalue weighted by Gasteiger charge is -2.05. The molecule has 0 saturated carbocycles. The molecule has 6 heteroatoms. The Morgan fingerprint density at radius 2 is 1.79 bits per heavy atom. The van der Waals surface area contributed by atoms with E-state index in [2.05, 4.69) is 0 Å². The van der Waals surface area contributed by atoms with Crippen LogP contribution in [0.3, 0.4) is 0 Å². The zero-order valence-corrected chi connectivity index (χ0v) is 11.3. The first kappa shape index (κ1) is 13.9. The van der Waals surface area contributed by atoms with Gasteiger partial charge >= 0.3 is 0 Å². The van der Waals surface area contributed by atoms with Crippen LogP contribution in [0.1, 0.15) is 5.56 Å². The number of hydrogen-bond acceptors (Lipinski definition) is 4. The van der Waals surface area contributed by atoms with Gasteiger partial charge in [0.15, 0.2) is 0 Å². The lowest BCUT2D eigenvalue weighted by Crippen LogP contribution is -1.87. The topological polar surface area (TPSA) is 63.4 Å². The Kier molecular flexibility index (Phi) is 4.42. The zero-order chi connectivity index (χ0) is 13.8. The summed E-state index contributed by atoms with van der Waals surface area (Å²) >= 11 is 7.45. The first-order chi connectivity index (χ1) is 9.10. The Morgan fingerprint density at radius 3 is 2.32 bits per heavy atom. The van der Waals surface area contributed by atoms with Crippen molar-refractivity contribution in [3.63, 3.8) is 0 Å². The molecule has 0 radical (unpaired) electrons. The number of hydrogen-bond donors (Lipinski definition) is 1. The molecule has 0 unspecified atom stereocenters. The van der Waals surface area contributed by atoms with Gasteiger partial charge in [-0.3, -0.25) is 10.1 Å². The van der Waals surface area contributed by atoms with E-state index in [0.717, 1.165) is 9.79 Å². The second-order valence-electron chi connectivity index (χ2n) is 3.76. The molecular weight excluding hydrogens is 286 g/mol. The highest BCUT2D eigenvalue weighted by Crippen LogP contribution is 2.31. The highest BCUT2D eigenvalue weighted by Gasteiger charge is 2.06. The molecule has 0 aliphatic rings. The van der Waals surface area contributed by atoms with Gasteiger partial charge in [-0.2, -0.15) is 0 Å². The third-order valence-corrected chi connectivity index (χ3v) is 3.83. The smallest absolute Gasteiger partial charge is 0.269 e. The van der Waals surface area contributed by atoms with E-state index < -0.39 is 4.92 Å². The molecule has 19 heavy (non-hydrogen) atoms. The number of non-ortho nitro benzene ring substituents is 1. The SMILES string of the molecule is O=[N+]([O-])c1ccc(Sc2ccc(CO)c(Cl)c2)cc1. The van der Waals surface area contributed by atoms with Crippen LogP contribution in [0.15, 0.2) is 52.3 Å². The lowest BCUT2D eigenvalue weighted by atomic mass is 10.2. The van der Waals surface area contributed by atoms with Gasteiger partial charge in [0.05, 0.1) is 11.5 Å². The number of benzene rings is 2. The molecule has 0 fully saturated rings. The van der Waals surface area contributed by atoms with Gasteiger partial charge in [0.25, 0.3) is 5.69 Å². The van der Waals surface area contributed by atoms with E-state index in [1.807, 2.05) is 6.07 Å². The first-order valence-corrected chi connectivity index (χ1v) is 6.61. The van der Waals surface area contributed by atoms with Crippen molar-refractivity contribution < 1.29 is 10.0 Å². The Balaban J connectivity index is 2.16. The minimum Gasteiger partial charge on any atom is -0.392 e. The fourth-order valence-electron chi connectivity index (χ4n) is 1.49. The summed E-state index contributed by atoms with van der Waals surface area (Å²) in [7, 11) is 0. The summed E-state index contributed by atoms with van der Waals surface area (Å²) in [6, 6.07) is 11.7. The van der Waals surface area contributed by atoms with Gasteiger partial charge in [0.1, 0.15) is 0 Å². The minimum absolute atomic E-state index is 0.0676. The predicted octanol–water partition coefficient (Wildman–Crippen LogP) is 3.89. The van der Waals surface area contributed by atoms with Gasteiger partial charge in [-0.1, -0.05) is 29.4 Å². The molecule has 0 amide bonds. The van der Waals surface area contributed by atoms with Crippen LogP contribution in [0.25, 0.3) is 0 Å². The third-order valence-electron chi connectivity index (χ3n) is 2.48. The number of halogens is 1. The molecule has 0 aromatic heterocycles. The number of nitro benzene ring substituents is 1. The lowest BCUT2D eigenvalue weighted by molar-refractivity contribution is -0.384. The molecular formula is C13H10ClNO3S. The van der Waals surface area contributed by atoms with Crippen molar-refractivity contribution in [3.8, 4) is 0 Å². The van der Waals surface area contributed by atoms with Gasteiger partial charge in [0, 0.05) is 26.9 Å². The molecule has 0 aliphatic carbocycles. The summed E-state index contributed by atoms with van der Waals surface area (Å²) in [5.41, 5.74) is 0.743. The van der Waals surface area contributed by atoms with E-state index in [1.54, 1.807) is 24.3 Å². The van der Waals surface area contributed by atoms with Crippen molar-refractivity contribution in [2.45, 2.75) is 16.4 Å². The maximum Gasteiger partial charge on any atom is 0.269 e. The Labute approximate surface area is 119 Å². The Hall–Kier alpha value is -1.56. The molecule has 2 aromatic carbocycles. The molecule has 98 valence electrons. The van der Waals surface area contributed by atoms with Crippen LogP contribution in [0.5, 0.6) is 0 Å². The van der Waals surface area contributed by atoms with Crippen LogP contribution >= 0.6 is 23.4 Å². The monoisotopic (exact) mass is 295 g/mol. The van der Waals surface area contributed by atoms with Gasteiger partial charge in [-0.15, -0.1) is 0 Å². The fraction of sp³-hybridized carbons (Fsp3) is 0.0769. The number of aliphatic hydroxyl groups excluding tert-OH is 1. The Bertz CT molecular complexity index is 601. The van der Waals surface area contributed by atoms with Crippen LogP contribution < -0.4 is 0 Å². The summed E-state index contributed by atoms with van der Waals surface area (Å²) < 4.78 is 0. The molecule has 0 saturated heterocycles. The molecule has 0 spiro atoms. The van der Waals surface area contributed by atoms with E-state index in [4.69, 9.17) is 16.7 Å². The van der Waals surface area contributed by atoms with Crippen LogP contribution in [-0.4, -0.2) is 10.0 Å². The summed E-state index contributed by atoms with van der Waals surface area (Å²) in [5.74, 6) is 0. The summed E-state index contributed by atoms with van der Waals surface area (Å²) in [4.78, 5) is 11.9. The quantitative estimate of drug-likeness (QED) is 0.686. The standard InChI is InChI=1S/C13H10ClNO3S/c14-13-7-12(4-1-9(13)8-16)19-11-5-2-10(3-6-11)15(17)18/h1-7,16H,8H2. The molecule has 0 bridgehead atoms. The molecule has 1 N–H and O–H groups in total. The van der Waals surface area contributed by atoms with Crippen LogP contribution in [0.2, 0.25) is 5.02 Å². The van der Waals surface area contributed by atoms with Crippen molar-refractivity contribution in [2.75, 3.05) is 0 Å². The van der Waals surface area contributed by atoms with Gasteiger partial charge in [-0.05, 0) is 29.8 Å². The average molecular weight is 296 g/mol. The summed E-state index contributed by atoms with van der Waals surface area (Å²) in [6.45, 7) is -0.0959. The van der Waals surface area contributed by atoms with E-state index >= 15 is 0 Å². The second kappa shape index (κ2) is 6.06. The molecule has 4 nitrogen and oxygen atoms in total. The summed E-state index contributed by atoms with van der Waals surface area (Å²) in [6.07, 6.45) is 0. The van der Waals surface area contributed by atoms with E-state index in [-0.39, 0.29) is 12.3 Å². The first-order valence-electron chi connectivity index (χ1n) is 5.42. The number of nitro groups is 1. The molecule has 0 heterocycles. The fourth-order valence-corrected chi connectivity index (χ4v) is 2.65. The number of nitrogens with zero attached hydrogens (tertiary/aromatic N) is 1. The number of rotatable bonds is 4. The molecule has 0 aliphatic heterocycles. The maximum absolute atomic E-state index is 10.5. The van der Waals surface area contributed by atoms with Gasteiger partial charge in [0.2, 0.25) is 0 Å². The largest absolute Gasteiger partial charge is 0.392 e. The average Bonchev–Trinajstić information content (AvgIpc) is 2.39. The molecule has 2 aromatic rings. The van der Waals surface area contributed by atoms with Crippen molar-refractivity contribution in [1.29, 1.82) is 0 Å². The van der Waals surface area contributed by atoms with Crippen LogP contribution in [-0.2, 0) is 6.61 Å². The van der Waals surface area contributed by atoms with Crippen molar-refractivity contribution in [3.05, 3.63) is 63.2 Å². The second-order valence-corrected chi connectivity index (χ2v) is 5.32. The van der Waals surface area contributed by atoms with Gasteiger partial charge in [-0.25, -0.2) is 0 Å². The highest BCUT2D eigenvalue weighted by atomic mass is 35.5. The van der Waals surface area contributed by atoms with E-state index in [9.17, 15) is 10.1 Å². The van der Waals surface area contributed by atoms with E-state index in [0.29, 0.717) is 10.6 Å². The van der Waals surface area contributed by atoms with Crippen molar-refractivity contribution in [1.82, 2.24) is 0 Å². The molecule has 0 atom stereocenters. The van der Waals surface area contributed by atoms with Crippen LogP contribution in [0.4, 0.5) is 5.69 Å². The third kappa shape index (κ3) is 3.47. The highest BCUT2D eigenvalue weighted by molar-refractivity contribution is 7.99. The number of aliphatic hydroxyl groups is 1. The van der Waals surface area contributed by atoms with E-state index in [1.165, 1.54) is 23.9 Å². The van der Waals surface area contributed by atoms with Crippen molar-refractivity contribution in [2.24, 2.45) is 0 Å². The summed E-state index contributed by atoms with van der Waals surface area (Å²) in [5, 5.41) is 20.1. The minimum atomic E-state index is -0.429. The predicted molar refractivity (Wildman–Crippen MR) is 74.6 cm³/mol.